The van der Waals surface area contributed by atoms with Crippen molar-refractivity contribution in [2.75, 3.05) is 18.2 Å². The highest BCUT2D eigenvalue weighted by atomic mass is 35.5. The molecule has 0 bridgehead atoms. The highest BCUT2D eigenvalue weighted by Crippen LogP contribution is 2.27. The SMILES string of the molecule is COc1cc(N)ccc1NC(=O)C(C)n1cc(Cl)cn1. The van der Waals surface area contributed by atoms with E-state index in [-0.39, 0.29) is 5.91 Å². The van der Waals surface area contributed by atoms with Crippen LogP contribution in [0.4, 0.5) is 11.4 Å². The van der Waals surface area contributed by atoms with Crippen molar-refractivity contribution in [3.05, 3.63) is 35.6 Å². The van der Waals surface area contributed by atoms with E-state index in [0.29, 0.717) is 22.1 Å². The molecule has 0 aliphatic carbocycles. The second-order valence-electron chi connectivity index (χ2n) is 4.26. The summed E-state index contributed by atoms with van der Waals surface area (Å²) in [6.45, 7) is 1.72. The van der Waals surface area contributed by atoms with Crippen molar-refractivity contribution in [2.24, 2.45) is 0 Å². The molecule has 106 valence electrons. The van der Waals surface area contributed by atoms with Crippen LogP contribution in [0.2, 0.25) is 5.02 Å². The second kappa shape index (κ2) is 5.83. The number of methoxy groups -OCH3 is 1. The third-order valence-electron chi connectivity index (χ3n) is 2.83. The van der Waals surface area contributed by atoms with Gasteiger partial charge in [0.1, 0.15) is 11.8 Å². The molecule has 20 heavy (non-hydrogen) atoms. The molecule has 1 aromatic carbocycles. The summed E-state index contributed by atoms with van der Waals surface area (Å²) in [5.41, 5.74) is 6.78. The number of halogens is 1. The van der Waals surface area contributed by atoms with Crippen LogP contribution in [0.1, 0.15) is 13.0 Å². The van der Waals surface area contributed by atoms with Crippen molar-refractivity contribution in [1.29, 1.82) is 0 Å². The summed E-state index contributed by atoms with van der Waals surface area (Å²) in [5.74, 6) is 0.275. The Morgan fingerprint density at radius 1 is 1.55 bits per heavy atom. The summed E-state index contributed by atoms with van der Waals surface area (Å²) in [4.78, 5) is 12.2. The van der Waals surface area contributed by atoms with Gasteiger partial charge < -0.3 is 15.8 Å². The molecule has 0 aliphatic rings. The molecule has 1 atom stereocenters. The first kappa shape index (κ1) is 14.2. The number of aromatic nitrogens is 2. The Balaban J connectivity index is 2.15. The molecule has 0 saturated heterocycles. The van der Waals surface area contributed by atoms with E-state index in [2.05, 4.69) is 10.4 Å². The van der Waals surface area contributed by atoms with Crippen LogP contribution in [-0.2, 0) is 4.79 Å². The van der Waals surface area contributed by atoms with Crippen molar-refractivity contribution in [1.82, 2.24) is 9.78 Å². The largest absolute Gasteiger partial charge is 0.494 e. The van der Waals surface area contributed by atoms with Crippen LogP contribution in [-0.4, -0.2) is 22.8 Å². The number of anilines is 2. The first-order chi connectivity index (χ1) is 9.51. The minimum Gasteiger partial charge on any atom is -0.494 e. The molecule has 0 fully saturated rings. The highest BCUT2D eigenvalue weighted by Gasteiger charge is 2.17. The van der Waals surface area contributed by atoms with E-state index in [1.165, 1.54) is 18.0 Å². The average molecular weight is 295 g/mol. The third kappa shape index (κ3) is 3.03. The van der Waals surface area contributed by atoms with Crippen molar-refractivity contribution in [3.8, 4) is 5.75 Å². The minimum atomic E-state index is -0.496. The van der Waals surface area contributed by atoms with Crippen LogP contribution in [0.25, 0.3) is 0 Å². The maximum atomic E-state index is 12.2. The van der Waals surface area contributed by atoms with Gasteiger partial charge in [-0.3, -0.25) is 9.48 Å². The number of carbonyl (C=O) groups is 1. The molecule has 1 amide bonds. The molecule has 0 radical (unpaired) electrons. The smallest absolute Gasteiger partial charge is 0.249 e. The van der Waals surface area contributed by atoms with Crippen LogP contribution >= 0.6 is 11.6 Å². The summed E-state index contributed by atoms with van der Waals surface area (Å²) in [6, 6.07) is 4.53. The van der Waals surface area contributed by atoms with E-state index in [1.807, 2.05) is 0 Å². The van der Waals surface area contributed by atoms with Gasteiger partial charge in [-0.1, -0.05) is 11.6 Å². The standard InChI is InChI=1S/C13H15ClN4O2/c1-8(18-7-9(14)6-16-18)13(19)17-11-4-3-10(15)5-12(11)20-2/h3-8H,15H2,1-2H3,(H,17,19). The summed E-state index contributed by atoms with van der Waals surface area (Å²) < 4.78 is 6.67. The Hall–Kier alpha value is -2.21. The van der Waals surface area contributed by atoms with Gasteiger partial charge in [0.25, 0.3) is 0 Å². The zero-order chi connectivity index (χ0) is 14.7. The fourth-order valence-electron chi connectivity index (χ4n) is 1.70. The van der Waals surface area contributed by atoms with Crippen LogP contribution in [0, 0.1) is 0 Å². The molecule has 6 nitrogen and oxygen atoms in total. The van der Waals surface area contributed by atoms with Crippen LogP contribution in [0.3, 0.4) is 0 Å². The average Bonchev–Trinajstić information content (AvgIpc) is 2.86. The number of benzene rings is 1. The van der Waals surface area contributed by atoms with E-state index in [4.69, 9.17) is 22.1 Å². The normalized spacial score (nSPS) is 11.9. The fourth-order valence-corrected chi connectivity index (χ4v) is 1.84. The van der Waals surface area contributed by atoms with Crippen molar-refractivity contribution in [3.63, 3.8) is 0 Å². The molecule has 0 spiro atoms. The van der Waals surface area contributed by atoms with Gasteiger partial charge in [0, 0.05) is 18.0 Å². The van der Waals surface area contributed by atoms with Gasteiger partial charge in [-0.2, -0.15) is 5.10 Å². The molecule has 1 unspecified atom stereocenters. The van der Waals surface area contributed by atoms with Gasteiger partial charge in [-0.25, -0.2) is 0 Å². The van der Waals surface area contributed by atoms with Crippen LogP contribution in [0.5, 0.6) is 5.75 Å². The lowest BCUT2D eigenvalue weighted by atomic mass is 10.2. The third-order valence-corrected chi connectivity index (χ3v) is 3.02. The molecular weight excluding hydrogens is 280 g/mol. The lowest BCUT2D eigenvalue weighted by Crippen LogP contribution is -2.24. The molecule has 2 aromatic rings. The predicted octanol–water partition coefficient (Wildman–Crippen LogP) is 2.33. The number of hydrogen-bond donors (Lipinski definition) is 2. The van der Waals surface area contributed by atoms with Crippen LogP contribution < -0.4 is 15.8 Å². The number of nitrogens with two attached hydrogens (primary N) is 1. The quantitative estimate of drug-likeness (QED) is 0.848. The van der Waals surface area contributed by atoms with E-state index in [9.17, 15) is 4.79 Å². The van der Waals surface area contributed by atoms with E-state index in [0.717, 1.165) is 0 Å². The van der Waals surface area contributed by atoms with Gasteiger partial charge in [-0.05, 0) is 19.1 Å². The fraction of sp³-hybridized carbons (Fsp3) is 0.231. The predicted molar refractivity (Wildman–Crippen MR) is 78.0 cm³/mol. The molecule has 0 saturated carbocycles. The number of hydrogen-bond acceptors (Lipinski definition) is 4. The zero-order valence-corrected chi connectivity index (χ0v) is 11.9. The Labute approximate surface area is 121 Å². The van der Waals surface area contributed by atoms with Crippen LogP contribution in [0.15, 0.2) is 30.6 Å². The minimum absolute atomic E-state index is 0.229. The molecular formula is C13H15ClN4O2. The Morgan fingerprint density at radius 2 is 2.30 bits per heavy atom. The molecule has 0 aliphatic heterocycles. The monoisotopic (exact) mass is 294 g/mol. The van der Waals surface area contributed by atoms with Gasteiger partial charge in [0.15, 0.2) is 0 Å². The van der Waals surface area contributed by atoms with Gasteiger partial charge >= 0.3 is 0 Å². The van der Waals surface area contributed by atoms with Crippen molar-refractivity contribution in [2.45, 2.75) is 13.0 Å². The first-order valence-electron chi connectivity index (χ1n) is 5.95. The Morgan fingerprint density at radius 3 is 2.90 bits per heavy atom. The molecule has 3 N–H and O–H groups in total. The van der Waals surface area contributed by atoms with E-state index in [1.54, 1.807) is 31.3 Å². The second-order valence-corrected chi connectivity index (χ2v) is 4.70. The van der Waals surface area contributed by atoms with Gasteiger partial charge in [0.05, 0.1) is 24.0 Å². The summed E-state index contributed by atoms with van der Waals surface area (Å²) in [5, 5.41) is 7.26. The number of amides is 1. The number of ether oxygens (including phenoxy) is 1. The molecule has 1 heterocycles. The number of nitrogen functional groups attached to an aromatic ring is 1. The van der Waals surface area contributed by atoms with Gasteiger partial charge in [0.2, 0.25) is 5.91 Å². The number of rotatable bonds is 4. The molecule has 2 rings (SSSR count). The number of nitrogens with one attached hydrogen (secondary N) is 1. The maximum Gasteiger partial charge on any atom is 0.249 e. The molecule has 1 aromatic heterocycles. The zero-order valence-electron chi connectivity index (χ0n) is 11.1. The van der Waals surface area contributed by atoms with E-state index < -0.39 is 6.04 Å². The lowest BCUT2D eigenvalue weighted by molar-refractivity contribution is -0.119. The maximum absolute atomic E-state index is 12.2. The topological polar surface area (TPSA) is 82.2 Å². The van der Waals surface area contributed by atoms with E-state index >= 15 is 0 Å². The Bertz CT molecular complexity index is 627. The molecule has 7 heteroatoms. The van der Waals surface area contributed by atoms with Crippen molar-refractivity contribution < 1.29 is 9.53 Å². The number of carbonyl (C=O) groups excluding carboxylic acids is 1. The Kier molecular flexibility index (Phi) is 4.14. The van der Waals surface area contributed by atoms with Gasteiger partial charge in [-0.15, -0.1) is 0 Å². The number of nitrogens with zero attached hydrogens (tertiary/aromatic N) is 2. The lowest BCUT2D eigenvalue weighted by Gasteiger charge is -2.15. The summed E-state index contributed by atoms with van der Waals surface area (Å²) in [7, 11) is 1.52. The van der Waals surface area contributed by atoms with Crippen molar-refractivity contribution >= 4 is 28.9 Å². The summed E-state index contributed by atoms with van der Waals surface area (Å²) >= 11 is 5.79. The first-order valence-corrected chi connectivity index (χ1v) is 6.33. The highest BCUT2D eigenvalue weighted by molar-refractivity contribution is 6.30. The summed E-state index contributed by atoms with van der Waals surface area (Å²) in [6.07, 6.45) is 3.07.